The molecular weight excluding hydrogens is 407 g/mol. The van der Waals surface area contributed by atoms with Crippen molar-refractivity contribution in [1.82, 2.24) is 9.62 Å². The van der Waals surface area contributed by atoms with Gasteiger partial charge in [0.1, 0.15) is 0 Å². The number of alkyl halides is 1. The molecule has 6 nitrogen and oxygen atoms in total. The highest BCUT2D eigenvalue weighted by Gasteiger charge is 2.44. The van der Waals surface area contributed by atoms with Crippen molar-refractivity contribution < 1.29 is 18.0 Å². The number of carbonyl (C=O) groups excluding carboxylic acids is 2. The van der Waals surface area contributed by atoms with Crippen LogP contribution in [0.5, 0.6) is 0 Å². The largest absolute Gasteiger partial charge is 0.354 e. The van der Waals surface area contributed by atoms with E-state index >= 15 is 0 Å². The predicted octanol–water partition coefficient (Wildman–Crippen LogP) is 0.813. The summed E-state index contributed by atoms with van der Waals surface area (Å²) in [6, 6.07) is 4.62. The Hall–Kier alpha value is -1.00. The zero-order chi connectivity index (χ0) is 15.6. The Kier molecular flexibility index (Phi) is 4.99. The number of hydrogen-bond acceptors (Lipinski definition) is 4. The standard InChI is InChI=1S/C13H15IN2O4S/c1-16-11(13(18)15-8-4-7-14)12(17)9-5-2-3-6-10(9)21(16,19)20/h2-3,5-6,11H,4,7-8H2,1H3,(H,15,18). The second-order valence-electron chi connectivity index (χ2n) is 4.62. The number of sulfonamides is 1. The molecule has 114 valence electrons. The summed E-state index contributed by atoms with van der Waals surface area (Å²) in [7, 11) is -2.57. The normalized spacial score (nSPS) is 20.9. The molecule has 0 radical (unpaired) electrons. The Bertz CT molecular complexity index is 675. The van der Waals surface area contributed by atoms with Crippen molar-refractivity contribution in [3.63, 3.8) is 0 Å². The number of nitrogens with one attached hydrogen (secondary N) is 1. The molecule has 1 aromatic carbocycles. The molecule has 0 aromatic heterocycles. The Labute approximate surface area is 137 Å². The van der Waals surface area contributed by atoms with Crippen LogP contribution >= 0.6 is 22.6 Å². The molecule has 1 amide bonds. The van der Waals surface area contributed by atoms with Gasteiger partial charge < -0.3 is 5.32 Å². The number of Topliss-reactive ketones (excluding diaryl/α,β-unsaturated/α-hetero) is 1. The highest BCUT2D eigenvalue weighted by Crippen LogP contribution is 2.28. The summed E-state index contributed by atoms with van der Waals surface area (Å²) in [6.45, 7) is 0.418. The highest BCUT2D eigenvalue weighted by atomic mass is 127. The van der Waals surface area contributed by atoms with Crippen molar-refractivity contribution in [2.75, 3.05) is 18.0 Å². The SMILES string of the molecule is CN1C(C(=O)NCCCI)C(=O)c2ccccc2S1(=O)=O. The zero-order valence-electron chi connectivity index (χ0n) is 11.4. The quantitative estimate of drug-likeness (QED) is 0.337. The van der Waals surface area contributed by atoms with Gasteiger partial charge in [-0.25, -0.2) is 8.42 Å². The van der Waals surface area contributed by atoms with Crippen LogP contribution in [-0.4, -0.2) is 48.5 Å². The number of hydrogen-bond donors (Lipinski definition) is 1. The van der Waals surface area contributed by atoms with Gasteiger partial charge in [-0.05, 0) is 18.6 Å². The van der Waals surface area contributed by atoms with E-state index in [-0.39, 0.29) is 10.5 Å². The van der Waals surface area contributed by atoms with E-state index < -0.39 is 27.8 Å². The molecule has 0 spiro atoms. The van der Waals surface area contributed by atoms with E-state index in [2.05, 4.69) is 27.9 Å². The molecule has 0 aliphatic carbocycles. The van der Waals surface area contributed by atoms with Gasteiger partial charge in [-0.1, -0.05) is 34.7 Å². The van der Waals surface area contributed by atoms with Gasteiger partial charge in [0.2, 0.25) is 15.9 Å². The third kappa shape index (κ3) is 2.97. The third-order valence-electron chi connectivity index (χ3n) is 3.28. The summed E-state index contributed by atoms with van der Waals surface area (Å²) >= 11 is 2.18. The van der Waals surface area contributed by atoms with Crippen LogP contribution in [0.3, 0.4) is 0 Å². The lowest BCUT2D eigenvalue weighted by molar-refractivity contribution is -0.123. The van der Waals surface area contributed by atoms with Crippen molar-refractivity contribution in [3.05, 3.63) is 29.8 Å². The molecule has 1 aliphatic rings. The fourth-order valence-corrected chi connectivity index (χ4v) is 4.02. The number of amides is 1. The fourth-order valence-electron chi connectivity index (χ4n) is 2.16. The number of carbonyl (C=O) groups is 2. The first-order valence-electron chi connectivity index (χ1n) is 6.36. The van der Waals surface area contributed by atoms with Gasteiger partial charge in [-0.3, -0.25) is 9.59 Å². The Balaban J connectivity index is 2.38. The van der Waals surface area contributed by atoms with Gasteiger partial charge in [0.25, 0.3) is 0 Å². The molecule has 1 N–H and O–H groups in total. The Morgan fingerprint density at radius 2 is 2.05 bits per heavy atom. The monoisotopic (exact) mass is 422 g/mol. The second kappa shape index (κ2) is 6.41. The van der Waals surface area contributed by atoms with Crippen molar-refractivity contribution in [2.24, 2.45) is 0 Å². The van der Waals surface area contributed by atoms with Crippen LogP contribution < -0.4 is 5.32 Å². The molecule has 1 unspecified atom stereocenters. The summed E-state index contributed by atoms with van der Waals surface area (Å²) < 4.78 is 26.5. The van der Waals surface area contributed by atoms with E-state index in [0.29, 0.717) is 6.54 Å². The van der Waals surface area contributed by atoms with Crippen molar-refractivity contribution in [3.8, 4) is 0 Å². The Morgan fingerprint density at radius 1 is 1.38 bits per heavy atom. The molecule has 8 heteroatoms. The smallest absolute Gasteiger partial charge is 0.246 e. The van der Waals surface area contributed by atoms with E-state index in [1.54, 1.807) is 12.1 Å². The van der Waals surface area contributed by atoms with Crippen molar-refractivity contribution >= 4 is 44.3 Å². The molecule has 2 rings (SSSR count). The zero-order valence-corrected chi connectivity index (χ0v) is 14.3. The van der Waals surface area contributed by atoms with Crippen LogP contribution in [0.1, 0.15) is 16.8 Å². The molecule has 1 atom stereocenters. The van der Waals surface area contributed by atoms with Gasteiger partial charge in [0.15, 0.2) is 11.8 Å². The lowest BCUT2D eigenvalue weighted by Gasteiger charge is -2.30. The lowest BCUT2D eigenvalue weighted by Crippen LogP contribution is -2.55. The van der Waals surface area contributed by atoms with Crippen LogP contribution in [0.4, 0.5) is 0 Å². The minimum absolute atomic E-state index is 0.0474. The van der Waals surface area contributed by atoms with Crippen LogP contribution in [0, 0.1) is 0 Å². The first-order valence-corrected chi connectivity index (χ1v) is 9.32. The number of ketones is 1. The molecule has 0 fully saturated rings. The number of fused-ring (bicyclic) bond motifs is 1. The molecule has 21 heavy (non-hydrogen) atoms. The molecule has 1 heterocycles. The van der Waals surface area contributed by atoms with E-state index in [1.807, 2.05) is 0 Å². The van der Waals surface area contributed by atoms with Crippen LogP contribution in [0.15, 0.2) is 29.2 Å². The summed E-state index contributed by atoms with van der Waals surface area (Å²) in [5.74, 6) is -1.07. The van der Waals surface area contributed by atoms with Crippen LogP contribution in [0.2, 0.25) is 0 Å². The average Bonchev–Trinajstić information content (AvgIpc) is 2.46. The molecule has 1 aliphatic heterocycles. The lowest BCUT2D eigenvalue weighted by atomic mass is 10.0. The van der Waals surface area contributed by atoms with Gasteiger partial charge in [0.05, 0.1) is 4.90 Å². The molecule has 1 aromatic rings. The summed E-state index contributed by atoms with van der Waals surface area (Å²) in [5, 5.41) is 2.61. The first-order chi connectivity index (χ1) is 9.91. The fraction of sp³-hybridized carbons (Fsp3) is 0.385. The number of halogens is 1. The highest BCUT2D eigenvalue weighted by molar-refractivity contribution is 14.1. The number of benzene rings is 1. The molecule has 0 bridgehead atoms. The third-order valence-corrected chi connectivity index (χ3v) is 5.92. The first kappa shape index (κ1) is 16.4. The van der Waals surface area contributed by atoms with Crippen LogP contribution in [-0.2, 0) is 14.8 Å². The summed E-state index contributed by atoms with van der Waals surface area (Å²) in [5.41, 5.74) is 0.0737. The van der Waals surface area contributed by atoms with Gasteiger partial charge in [0, 0.05) is 23.6 Å². The summed E-state index contributed by atoms with van der Waals surface area (Å²) in [6.07, 6.45) is 0.764. The molecular formula is C13H15IN2O4S. The number of nitrogens with zero attached hydrogens (tertiary/aromatic N) is 1. The van der Waals surface area contributed by atoms with Gasteiger partial charge >= 0.3 is 0 Å². The van der Waals surface area contributed by atoms with E-state index in [0.717, 1.165) is 15.2 Å². The predicted molar refractivity (Wildman–Crippen MR) is 86.0 cm³/mol. The van der Waals surface area contributed by atoms with Crippen molar-refractivity contribution in [1.29, 1.82) is 0 Å². The minimum Gasteiger partial charge on any atom is -0.354 e. The average molecular weight is 422 g/mol. The number of likely N-dealkylation sites (N-methyl/N-ethyl adjacent to an activating group) is 1. The Morgan fingerprint density at radius 3 is 2.71 bits per heavy atom. The van der Waals surface area contributed by atoms with E-state index in [1.165, 1.54) is 19.2 Å². The van der Waals surface area contributed by atoms with E-state index in [9.17, 15) is 18.0 Å². The maximum Gasteiger partial charge on any atom is 0.246 e. The number of rotatable bonds is 4. The van der Waals surface area contributed by atoms with E-state index in [4.69, 9.17) is 0 Å². The maximum absolute atomic E-state index is 12.4. The molecule has 0 saturated heterocycles. The minimum atomic E-state index is -3.83. The van der Waals surface area contributed by atoms with Gasteiger partial charge in [-0.15, -0.1) is 0 Å². The van der Waals surface area contributed by atoms with Crippen molar-refractivity contribution in [2.45, 2.75) is 17.4 Å². The molecule has 0 saturated carbocycles. The van der Waals surface area contributed by atoms with Gasteiger partial charge in [-0.2, -0.15) is 4.31 Å². The second-order valence-corrected chi connectivity index (χ2v) is 7.66. The van der Waals surface area contributed by atoms with Crippen LogP contribution in [0.25, 0.3) is 0 Å². The topological polar surface area (TPSA) is 83.6 Å². The summed E-state index contributed by atoms with van der Waals surface area (Å²) in [4.78, 5) is 24.5. The maximum atomic E-state index is 12.4.